The smallest absolute Gasteiger partial charge is 0.338 e. The van der Waals surface area contributed by atoms with E-state index in [0.717, 1.165) is 17.0 Å². The molecule has 0 amide bonds. The highest BCUT2D eigenvalue weighted by molar-refractivity contribution is 6.19. The monoisotopic (exact) mass is 337 g/mol. The van der Waals surface area contributed by atoms with E-state index in [-0.39, 0.29) is 11.4 Å². The predicted molar refractivity (Wildman–Crippen MR) is 94.0 cm³/mol. The van der Waals surface area contributed by atoms with E-state index in [4.69, 9.17) is 14.7 Å². The van der Waals surface area contributed by atoms with Gasteiger partial charge in [0.25, 0.3) is 0 Å². The van der Waals surface area contributed by atoms with Crippen LogP contribution in [0, 0.1) is 22.7 Å². The summed E-state index contributed by atoms with van der Waals surface area (Å²) in [5.41, 5.74) is 3.09. The number of esters is 1. The number of ether oxygens (including phenoxy) is 2. The molecule has 0 unspecified atom stereocenters. The van der Waals surface area contributed by atoms with Crippen LogP contribution >= 0.6 is 0 Å². The van der Waals surface area contributed by atoms with E-state index < -0.39 is 0 Å². The first kappa shape index (κ1) is 16.2. The Morgan fingerprint density at radius 2 is 2.00 bits per heavy atom. The van der Waals surface area contributed by atoms with Gasteiger partial charge in [0, 0.05) is 11.0 Å². The van der Waals surface area contributed by atoms with Crippen LogP contribution in [0.3, 0.4) is 0 Å². The minimum atomic E-state index is -0.260. The van der Waals surface area contributed by atoms with Crippen LogP contribution in [0.4, 0.5) is 0 Å². The third kappa shape index (κ3) is 2.82. The fourth-order valence-electron chi connectivity index (χ4n) is 4.72. The highest BCUT2D eigenvalue weighted by atomic mass is 16.5. The van der Waals surface area contributed by atoms with Gasteiger partial charge in [-0.1, -0.05) is 6.08 Å². The lowest BCUT2D eigenvalue weighted by Gasteiger charge is -2.46. The molecule has 0 aromatic heterocycles. The Morgan fingerprint density at radius 3 is 2.64 bits per heavy atom. The van der Waals surface area contributed by atoms with Gasteiger partial charge in [0.2, 0.25) is 0 Å². The number of carbonyl (C=O) groups is 1. The van der Waals surface area contributed by atoms with Crippen LogP contribution in [0.25, 0.3) is 5.57 Å². The molecule has 4 aliphatic carbocycles. The van der Waals surface area contributed by atoms with Gasteiger partial charge in [-0.2, -0.15) is 5.26 Å². The Kier molecular flexibility index (Phi) is 4.03. The average molecular weight is 337 g/mol. The van der Waals surface area contributed by atoms with E-state index in [0.29, 0.717) is 29.9 Å². The first-order chi connectivity index (χ1) is 12.1. The molecule has 0 heterocycles. The third-order valence-electron chi connectivity index (χ3n) is 6.31. The van der Waals surface area contributed by atoms with Crippen LogP contribution in [-0.4, -0.2) is 19.7 Å². The van der Waals surface area contributed by atoms with Crippen molar-refractivity contribution >= 4 is 11.5 Å². The first-order valence-electron chi connectivity index (χ1n) is 9.13. The van der Waals surface area contributed by atoms with E-state index in [1.807, 2.05) is 12.1 Å². The van der Waals surface area contributed by atoms with Crippen molar-refractivity contribution in [2.75, 3.05) is 13.7 Å². The van der Waals surface area contributed by atoms with Gasteiger partial charge in [0.15, 0.2) is 0 Å². The lowest BCUT2D eigenvalue weighted by Crippen LogP contribution is -2.38. The quantitative estimate of drug-likeness (QED) is 0.779. The zero-order valence-electron chi connectivity index (χ0n) is 14.6. The standard InChI is InChI=1S/C21H23NO3/c1-24-18-11-15(12-22)10-16-2-3-17(19(16)18)20(23)25-13-21-7-4-14(5-8-21)6-9-21/h3,10-11,14H,2,4-9,13H2,1H3. The Hall–Kier alpha value is -2.28. The van der Waals surface area contributed by atoms with Crippen LogP contribution < -0.4 is 4.74 Å². The van der Waals surface area contributed by atoms with E-state index in [2.05, 4.69) is 6.07 Å². The lowest BCUT2D eigenvalue weighted by molar-refractivity contribution is -0.142. The largest absolute Gasteiger partial charge is 0.496 e. The maximum absolute atomic E-state index is 12.7. The normalized spacial score (nSPS) is 26.6. The van der Waals surface area contributed by atoms with Crippen molar-refractivity contribution in [3.8, 4) is 11.8 Å². The van der Waals surface area contributed by atoms with Crippen molar-refractivity contribution < 1.29 is 14.3 Å². The lowest BCUT2D eigenvalue weighted by atomic mass is 9.61. The molecule has 0 saturated heterocycles. The molecule has 4 heteroatoms. The van der Waals surface area contributed by atoms with Gasteiger partial charge in [-0.05, 0) is 68.6 Å². The summed E-state index contributed by atoms with van der Waals surface area (Å²) in [6, 6.07) is 5.66. The molecule has 25 heavy (non-hydrogen) atoms. The second-order valence-corrected chi connectivity index (χ2v) is 7.70. The highest BCUT2D eigenvalue weighted by Gasteiger charge is 2.41. The fraction of sp³-hybridized carbons (Fsp3) is 0.524. The van der Waals surface area contributed by atoms with Crippen molar-refractivity contribution in [3.63, 3.8) is 0 Å². The molecular formula is C21H23NO3. The van der Waals surface area contributed by atoms with Crippen molar-refractivity contribution in [2.45, 2.75) is 44.9 Å². The van der Waals surface area contributed by atoms with Crippen LogP contribution in [0.2, 0.25) is 0 Å². The van der Waals surface area contributed by atoms with E-state index in [1.54, 1.807) is 13.2 Å². The van der Waals surface area contributed by atoms with Crippen molar-refractivity contribution in [1.29, 1.82) is 5.26 Å². The van der Waals surface area contributed by atoms with Gasteiger partial charge in [0.1, 0.15) is 5.75 Å². The molecule has 4 aliphatic rings. The summed E-state index contributed by atoms with van der Waals surface area (Å²) in [4.78, 5) is 12.7. The Balaban J connectivity index is 1.51. The van der Waals surface area contributed by atoms with Gasteiger partial charge in [-0.3, -0.25) is 0 Å². The number of carbonyl (C=O) groups excluding carboxylic acids is 1. The number of methoxy groups -OCH3 is 1. The van der Waals surface area contributed by atoms with Crippen molar-refractivity contribution in [1.82, 2.24) is 0 Å². The van der Waals surface area contributed by atoms with Gasteiger partial charge in [-0.25, -0.2) is 4.79 Å². The predicted octanol–water partition coefficient (Wildman–Crippen LogP) is 4.02. The summed E-state index contributed by atoms with van der Waals surface area (Å²) in [6.07, 6.45) is 9.96. The third-order valence-corrected chi connectivity index (χ3v) is 6.31. The topological polar surface area (TPSA) is 59.3 Å². The number of hydrogen-bond donors (Lipinski definition) is 0. The molecule has 0 atom stereocenters. The summed E-state index contributed by atoms with van der Waals surface area (Å²) in [5, 5.41) is 9.14. The second-order valence-electron chi connectivity index (χ2n) is 7.70. The molecule has 1 aromatic carbocycles. The Labute approximate surface area is 148 Å². The molecule has 0 N–H and O–H groups in total. The highest BCUT2D eigenvalue weighted by Crippen LogP contribution is 2.50. The summed E-state index contributed by atoms with van der Waals surface area (Å²) in [5.74, 6) is 1.22. The zero-order valence-corrected chi connectivity index (χ0v) is 14.6. The number of benzene rings is 1. The molecule has 130 valence electrons. The van der Waals surface area contributed by atoms with Gasteiger partial charge < -0.3 is 9.47 Å². The van der Waals surface area contributed by atoms with Gasteiger partial charge in [-0.15, -0.1) is 0 Å². The number of fused-ring (bicyclic) bond motifs is 4. The van der Waals surface area contributed by atoms with Crippen LogP contribution in [0.5, 0.6) is 5.75 Å². The molecule has 4 nitrogen and oxygen atoms in total. The summed E-state index contributed by atoms with van der Waals surface area (Å²) in [6.45, 7) is 0.532. The maximum Gasteiger partial charge on any atom is 0.338 e. The number of hydrogen-bond acceptors (Lipinski definition) is 4. The van der Waals surface area contributed by atoms with E-state index in [9.17, 15) is 4.79 Å². The van der Waals surface area contributed by atoms with Crippen LogP contribution in [-0.2, 0) is 16.0 Å². The Morgan fingerprint density at radius 1 is 1.28 bits per heavy atom. The van der Waals surface area contributed by atoms with E-state index >= 15 is 0 Å². The van der Waals surface area contributed by atoms with Gasteiger partial charge in [0.05, 0.1) is 30.9 Å². The fourth-order valence-corrected chi connectivity index (χ4v) is 4.72. The summed E-state index contributed by atoms with van der Waals surface area (Å²) in [7, 11) is 1.57. The molecule has 5 rings (SSSR count). The number of rotatable bonds is 4. The maximum atomic E-state index is 12.7. The number of nitrogens with zero attached hydrogens (tertiary/aromatic N) is 1. The zero-order chi connectivity index (χ0) is 17.4. The molecule has 3 saturated carbocycles. The van der Waals surface area contributed by atoms with Crippen LogP contribution in [0.1, 0.15) is 55.2 Å². The average Bonchev–Trinajstić information content (AvgIpc) is 3.11. The molecule has 0 aliphatic heterocycles. The SMILES string of the molecule is COc1cc(C#N)cc2c1C(C(=O)OCC13CCC(CC1)CC3)=CC2. The summed E-state index contributed by atoms with van der Waals surface area (Å²) >= 11 is 0. The first-order valence-corrected chi connectivity index (χ1v) is 9.13. The molecule has 0 spiro atoms. The van der Waals surface area contributed by atoms with Gasteiger partial charge >= 0.3 is 5.97 Å². The number of nitriles is 1. The molecule has 1 aromatic rings. The molecule has 0 radical (unpaired) electrons. The summed E-state index contributed by atoms with van der Waals surface area (Å²) < 4.78 is 11.2. The Bertz CT molecular complexity index is 765. The van der Waals surface area contributed by atoms with E-state index in [1.165, 1.54) is 38.5 Å². The minimum Gasteiger partial charge on any atom is -0.496 e. The molecule has 3 fully saturated rings. The number of allylic oxidation sites excluding steroid dienone is 1. The second kappa shape index (κ2) is 6.22. The molecule has 2 bridgehead atoms. The molecular weight excluding hydrogens is 314 g/mol. The van der Waals surface area contributed by atoms with Crippen LogP contribution in [0.15, 0.2) is 18.2 Å². The minimum absolute atomic E-state index is 0.209. The van der Waals surface area contributed by atoms with Crippen molar-refractivity contribution in [2.24, 2.45) is 11.3 Å². The van der Waals surface area contributed by atoms with Crippen molar-refractivity contribution in [3.05, 3.63) is 34.9 Å².